The van der Waals surface area contributed by atoms with Gasteiger partial charge >= 0.3 is 0 Å². The third-order valence-electron chi connectivity index (χ3n) is 3.89. The lowest BCUT2D eigenvalue weighted by Crippen LogP contribution is -2.30. The number of benzene rings is 2. The summed E-state index contributed by atoms with van der Waals surface area (Å²) in [6, 6.07) is 13.9. The van der Waals surface area contributed by atoms with E-state index in [4.69, 9.17) is 17.3 Å². The summed E-state index contributed by atoms with van der Waals surface area (Å²) in [5.41, 5.74) is 7.21. The van der Waals surface area contributed by atoms with Crippen LogP contribution < -0.4 is 5.73 Å². The Kier molecular flexibility index (Phi) is 5.46. The summed E-state index contributed by atoms with van der Waals surface area (Å²) in [6.07, 6.45) is 0. The highest BCUT2D eigenvalue weighted by Gasteiger charge is 2.14. The van der Waals surface area contributed by atoms with Gasteiger partial charge in [-0.1, -0.05) is 35.9 Å². The van der Waals surface area contributed by atoms with E-state index in [1.807, 2.05) is 18.2 Å². The zero-order chi connectivity index (χ0) is 19.4. The predicted molar refractivity (Wildman–Crippen MR) is 99.7 cm³/mol. The fourth-order valence-corrected chi connectivity index (χ4v) is 2.66. The normalized spacial score (nSPS) is 10.6. The highest BCUT2D eigenvalue weighted by Crippen LogP contribution is 2.15. The highest BCUT2D eigenvalue weighted by molar-refractivity contribution is 6.30. The monoisotopic (exact) mass is 384 g/mol. The molecule has 0 unspecified atom stereocenters. The lowest BCUT2D eigenvalue weighted by Gasteiger charge is -2.16. The van der Waals surface area contributed by atoms with Crippen LogP contribution in [-0.2, 0) is 17.9 Å². The Morgan fingerprint density at radius 1 is 1.19 bits per heavy atom. The summed E-state index contributed by atoms with van der Waals surface area (Å²) in [5.74, 6) is -0.314. The quantitative estimate of drug-likeness (QED) is 0.696. The van der Waals surface area contributed by atoms with Crippen molar-refractivity contribution in [2.45, 2.75) is 13.1 Å². The molecular formula is C18H17ClN6O2. The average Bonchev–Trinajstić information content (AvgIpc) is 3.10. The summed E-state index contributed by atoms with van der Waals surface area (Å²) < 4.78 is 0. The molecule has 0 atom stereocenters. The van der Waals surface area contributed by atoms with Gasteiger partial charge in [-0.15, -0.1) is 10.2 Å². The molecule has 1 aromatic heterocycles. The number of tetrazole rings is 1. The molecule has 3 rings (SSSR count). The van der Waals surface area contributed by atoms with Gasteiger partial charge in [0.25, 0.3) is 0 Å². The number of primary amides is 1. The van der Waals surface area contributed by atoms with Gasteiger partial charge in [-0.25, -0.2) is 0 Å². The number of carbonyl (C=O) groups is 2. The number of rotatable bonds is 6. The van der Waals surface area contributed by atoms with Gasteiger partial charge in [-0.3, -0.25) is 9.59 Å². The number of hydrogen-bond donors (Lipinski definition) is 1. The maximum absolute atomic E-state index is 12.4. The molecule has 9 heteroatoms. The zero-order valence-electron chi connectivity index (χ0n) is 14.5. The third-order valence-corrected chi connectivity index (χ3v) is 4.13. The lowest BCUT2D eigenvalue weighted by atomic mass is 10.1. The second-order valence-corrected chi connectivity index (χ2v) is 6.40. The SMILES string of the molecule is CN(Cc1cccc(Cl)c1)C(=O)Cn1nnc(-c2ccc(C(N)=O)cc2)n1. The summed E-state index contributed by atoms with van der Waals surface area (Å²) in [6.45, 7) is 0.388. The zero-order valence-corrected chi connectivity index (χ0v) is 15.3. The predicted octanol–water partition coefficient (Wildman–Crippen LogP) is 1.75. The molecule has 2 aromatic carbocycles. The molecule has 0 aliphatic rings. The molecule has 0 aliphatic carbocycles. The van der Waals surface area contributed by atoms with Crippen molar-refractivity contribution in [3.05, 3.63) is 64.7 Å². The molecule has 0 saturated carbocycles. The van der Waals surface area contributed by atoms with Crippen LogP contribution >= 0.6 is 11.6 Å². The van der Waals surface area contributed by atoms with E-state index in [2.05, 4.69) is 15.4 Å². The maximum Gasteiger partial charge on any atom is 0.248 e. The van der Waals surface area contributed by atoms with Gasteiger partial charge in [-0.05, 0) is 35.0 Å². The van der Waals surface area contributed by atoms with Crippen molar-refractivity contribution < 1.29 is 9.59 Å². The van der Waals surface area contributed by atoms with Crippen molar-refractivity contribution in [3.63, 3.8) is 0 Å². The molecule has 0 radical (unpaired) electrons. The molecule has 2 N–H and O–H groups in total. The Balaban J connectivity index is 1.64. The molecule has 0 saturated heterocycles. The third kappa shape index (κ3) is 4.68. The second kappa shape index (κ2) is 7.96. The minimum Gasteiger partial charge on any atom is -0.366 e. The molecule has 0 spiro atoms. The minimum absolute atomic E-state index is 0.0383. The minimum atomic E-state index is -0.508. The van der Waals surface area contributed by atoms with Crippen LogP contribution in [0.1, 0.15) is 15.9 Å². The topological polar surface area (TPSA) is 107 Å². The van der Waals surface area contributed by atoms with Crippen LogP contribution in [-0.4, -0.2) is 44.0 Å². The van der Waals surface area contributed by atoms with Gasteiger partial charge < -0.3 is 10.6 Å². The number of carbonyl (C=O) groups excluding carboxylic acids is 2. The molecular weight excluding hydrogens is 368 g/mol. The first-order valence-electron chi connectivity index (χ1n) is 8.09. The molecule has 2 amide bonds. The van der Waals surface area contributed by atoms with Crippen LogP contribution in [0.2, 0.25) is 5.02 Å². The van der Waals surface area contributed by atoms with Crippen molar-refractivity contribution in [2.24, 2.45) is 5.73 Å². The van der Waals surface area contributed by atoms with Gasteiger partial charge in [0, 0.05) is 29.7 Å². The fraction of sp³-hybridized carbons (Fsp3) is 0.167. The molecule has 3 aromatic rings. The fourth-order valence-electron chi connectivity index (χ4n) is 2.45. The van der Waals surface area contributed by atoms with Crippen LogP contribution in [0.15, 0.2) is 48.5 Å². The number of aromatic nitrogens is 4. The average molecular weight is 385 g/mol. The van der Waals surface area contributed by atoms with E-state index in [1.54, 1.807) is 42.3 Å². The van der Waals surface area contributed by atoms with E-state index in [0.29, 0.717) is 28.5 Å². The van der Waals surface area contributed by atoms with Gasteiger partial charge in [0.2, 0.25) is 17.6 Å². The molecule has 0 aliphatic heterocycles. The van der Waals surface area contributed by atoms with Crippen LogP contribution in [0.5, 0.6) is 0 Å². The number of halogens is 1. The summed E-state index contributed by atoms with van der Waals surface area (Å²) in [5, 5.41) is 12.7. The molecule has 138 valence electrons. The maximum atomic E-state index is 12.4. The first-order chi connectivity index (χ1) is 12.9. The van der Waals surface area contributed by atoms with E-state index in [0.717, 1.165) is 5.56 Å². The van der Waals surface area contributed by atoms with Gasteiger partial charge in [0.1, 0.15) is 6.54 Å². The van der Waals surface area contributed by atoms with E-state index >= 15 is 0 Å². The largest absolute Gasteiger partial charge is 0.366 e. The van der Waals surface area contributed by atoms with Crippen molar-refractivity contribution in [2.75, 3.05) is 7.05 Å². The Bertz CT molecular complexity index is 970. The molecule has 8 nitrogen and oxygen atoms in total. The van der Waals surface area contributed by atoms with Gasteiger partial charge in [-0.2, -0.15) is 4.80 Å². The number of nitrogens with zero attached hydrogens (tertiary/aromatic N) is 5. The highest BCUT2D eigenvalue weighted by atomic mass is 35.5. The van der Waals surface area contributed by atoms with Crippen LogP contribution in [0.25, 0.3) is 11.4 Å². The summed E-state index contributed by atoms with van der Waals surface area (Å²) in [7, 11) is 1.70. The van der Waals surface area contributed by atoms with Gasteiger partial charge in [0.15, 0.2) is 0 Å². The van der Waals surface area contributed by atoms with Crippen molar-refractivity contribution in [1.29, 1.82) is 0 Å². The Morgan fingerprint density at radius 2 is 1.93 bits per heavy atom. The van der Waals surface area contributed by atoms with Gasteiger partial charge in [0.05, 0.1) is 0 Å². The molecule has 27 heavy (non-hydrogen) atoms. The lowest BCUT2D eigenvalue weighted by molar-refractivity contribution is -0.131. The number of amides is 2. The van der Waals surface area contributed by atoms with Crippen LogP contribution in [0.4, 0.5) is 0 Å². The Labute approximate surface area is 160 Å². The first kappa shape index (κ1) is 18.5. The standard InChI is InChI=1S/C18H17ClN6O2/c1-24(10-12-3-2-4-15(19)9-12)16(26)11-25-22-18(21-23-25)14-7-5-13(6-8-14)17(20)27/h2-9H,10-11H2,1H3,(H2,20,27). The number of hydrogen-bond acceptors (Lipinski definition) is 5. The molecule has 0 fully saturated rings. The summed E-state index contributed by atoms with van der Waals surface area (Å²) >= 11 is 5.96. The van der Waals surface area contributed by atoms with E-state index < -0.39 is 5.91 Å². The van der Waals surface area contributed by atoms with E-state index in [-0.39, 0.29) is 12.5 Å². The Hall–Kier alpha value is -3.26. The van der Waals surface area contributed by atoms with Crippen molar-refractivity contribution in [1.82, 2.24) is 25.1 Å². The number of likely N-dealkylation sites (N-methyl/N-ethyl adjacent to an activating group) is 1. The first-order valence-corrected chi connectivity index (χ1v) is 8.46. The van der Waals surface area contributed by atoms with Crippen molar-refractivity contribution >= 4 is 23.4 Å². The van der Waals surface area contributed by atoms with Crippen molar-refractivity contribution in [3.8, 4) is 11.4 Å². The summed E-state index contributed by atoms with van der Waals surface area (Å²) in [4.78, 5) is 26.3. The smallest absolute Gasteiger partial charge is 0.248 e. The second-order valence-electron chi connectivity index (χ2n) is 5.96. The van der Waals surface area contributed by atoms with E-state index in [9.17, 15) is 9.59 Å². The number of nitrogens with two attached hydrogens (primary N) is 1. The van der Waals surface area contributed by atoms with Crippen LogP contribution in [0.3, 0.4) is 0 Å². The van der Waals surface area contributed by atoms with E-state index in [1.165, 1.54) is 4.80 Å². The molecule has 1 heterocycles. The van der Waals surface area contributed by atoms with Crippen LogP contribution in [0, 0.1) is 0 Å². The molecule has 0 bridgehead atoms. The Morgan fingerprint density at radius 3 is 2.59 bits per heavy atom.